The number of sulfonamides is 1. The van der Waals surface area contributed by atoms with Gasteiger partial charge in [-0.15, -0.1) is 0 Å². The van der Waals surface area contributed by atoms with Crippen molar-refractivity contribution in [2.75, 3.05) is 18.4 Å². The molecule has 2 aromatic rings. The van der Waals surface area contributed by atoms with Gasteiger partial charge in [0, 0.05) is 5.69 Å². The minimum atomic E-state index is -3.73. The number of hydrogen-bond acceptors (Lipinski definition) is 6. The Morgan fingerprint density at radius 3 is 2.17 bits per heavy atom. The second-order valence-corrected chi connectivity index (χ2v) is 6.34. The zero-order chi connectivity index (χ0) is 17.6. The van der Waals surface area contributed by atoms with E-state index >= 15 is 0 Å². The first-order valence-electron chi connectivity index (χ1n) is 6.84. The molecule has 0 atom stereocenters. The fourth-order valence-electron chi connectivity index (χ4n) is 1.78. The Morgan fingerprint density at radius 2 is 1.62 bits per heavy atom. The van der Waals surface area contributed by atoms with Crippen molar-refractivity contribution >= 4 is 21.6 Å². The Balaban J connectivity index is 2.06. The molecule has 0 aliphatic rings. The molecule has 0 heterocycles. The molecule has 0 unspecified atom stereocenters. The second kappa shape index (κ2) is 7.66. The van der Waals surface area contributed by atoms with Gasteiger partial charge in [0.1, 0.15) is 11.5 Å². The first-order chi connectivity index (χ1) is 11.4. The van der Waals surface area contributed by atoms with E-state index in [0.717, 1.165) is 0 Å². The lowest BCUT2D eigenvalue weighted by molar-refractivity contribution is -0.123. The molecule has 0 aliphatic heterocycles. The number of rotatable bonds is 7. The number of amides is 1. The van der Waals surface area contributed by atoms with E-state index in [-0.39, 0.29) is 11.5 Å². The Hall–Kier alpha value is -2.78. The lowest BCUT2D eigenvalue weighted by Gasteiger charge is -2.10. The lowest BCUT2D eigenvalue weighted by atomic mass is 10.3. The summed E-state index contributed by atoms with van der Waals surface area (Å²) in [5.41, 5.74) is 2.34. The summed E-state index contributed by atoms with van der Waals surface area (Å²) in [7, 11) is -2.20. The molecule has 128 valence electrons. The molecule has 0 bridgehead atoms. The number of nitrogens with one attached hydrogen (secondary N) is 2. The molecule has 8 nitrogen and oxygen atoms in total. The molecule has 2 rings (SSSR count). The van der Waals surface area contributed by atoms with E-state index in [1.54, 1.807) is 24.3 Å². The third kappa shape index (κ3) is 4.61. The van der Waals surface area contributed by atoms with Crippen LogP contribution in [-0.4, -0.2) is 28.0 Å². The molecule has 0 fully saturated rings. The number of carbonyl (C=O) groups is 1. The summed E-state index contributed by atoms with van der Waals surface area (Å²) in [6, 6.07) is 12.1. The topological polar surface area (TPSA) is 120 Å². The predicted molar refractivity (Wildman–Crippen MR) is 88.1 cm³/mol. The van der Waals surface area contributed by atoms with Crippen molar-refractivity contribution in [2.45, 2.75) is 4.90 Å². The van der Waals surface area contributed by atoms with Gasteiger partial charge in [-0.05, 0) is 48.5 Å². The van der Waals surface area contributed by atoms with Gasteiger partial charge in [-0.2, -0.15) is 0 Å². The largest absolute Gasteiger partial charge is 0.497 e. The minimum absolute atomic E-state index is 0.0638. The van der Waals surface area contributed by atoms with E-state index in [9.17, 15) is 13.2 Å². The summed E-state index contributed by atoms with van der Waals surface area (Å²) in [5, 5.41) is 0. The van der Waals surface area contributed by atoms with E-state index < -0.39 is 15.9 Å². The maximum absolute atomic E-state index is 12.3. The molecule has 0 aliphatic carbocycles. The first kappa shape index (κ1) is 17.6. The SMILES string of the molecule is COc1ccc(NS(=O)(=O)c2ccc(OCC(=O)NN)cc2)cc1. The molecular weight excluding hydrogens is 334 g/mol. The molecule has 0 aromatic heterocycles. The quantitative estimate of drug-likeness (QED) is 0.387. The van der Waals surface area contributed by atoms with Gasteiger partial charge in [-0.3, -0.25) is 14.9 Å². The molecule has 0 saturated heterocycles. The van der Waals surface area contributed by atoms with Gasteiger partial charge in [0.05, 0.1) is 12.0 Å². The van der Waals surface area contributed by atoms with E-state index in [2.05, 4.69) is 4.72 Å². The van der Waals surface area contributed by atoms with Crippen LogP contribution >= 0.6 is 0 Å². The summed E-state index contributed by atoms with van der Waals surface area (Å²) in [6.07, 6.45) is 0. The summed E-state index contributed by atoms with van der Waals surface area (Å²) >= 11 is 0. The Morgan fingerprint density at radius 1 is 1.04 bits per heavy atom. The number of hydrazine groups is 1. The van der Waals surface area contributed by atoms with E-state index in [1.807, 2.05) is 5.43 Å². The lowest BCUT2D eigenvalue weighted by Crippen LogP contribution is -2.34. The number of ether oxygens (including phenoxy) is 2. The summed E-state index contributed by atoms with van der Waals surface area (Å²) < 4.78 is 37.3. The van der Waals surface area contributed by atoms with Gasteiger partial charge < -0.3 is 9.47 Å². The monoisotopic (exact) mass is 351 g/mol. The standard InChI is InChI=1S/C15H17N3O5S/c1-22-12-4-2-11(3-5-12)18-24(20,21)14-8-6-13(7-9-14)23-10-15(19)17-16/h2-9,18H,10,16H2,1H3,(H,17,19). The highest BCUT2D eigenvalue weighted by atomic mass is 32.2. The maximum atomic E-state index is 12.3. The molecule has 0 saturated carbocycles. The van der Waals surface area contributed by atoms with Gasteiger partial charge in [0.2, 0.25) is 0 Å². The normalized spacial score (nSPS) is 10.8. The Kier molecular flexibility index (Phi) is 5.61. The summed E-state index contributed by atoms with van der Waals surface area (Å²) in [5.74, 6) is 5.42. The number of benzene rings is 2. The molecule has 4 N–H and O–H groups in total. The van der Waals surface area contributed by atoms with Crippen LogP contribution in [0.1, 0.15) is 0 Å². The van der Waals surface area contributed by atoms with Crippen LogP contribution in [-0.2, 0) is 14.8 Å². The highest BCUT2D eigenvalue weighted by Crippen LogP contribution is 2.21. The first-order valence-corrected chi connectivity index (χ1v) is 8.32. The van der Waals surface area contributed by atoms with E-state index in [4.69, 9.17) is 15.3 Å². The number of hydrogen-bond donors (Lipinski definition) is 3. The van der Waals surface area contributed by atoms with Crippen molar-refractivity contribution < 1.29 is 22.7 Å². The Labute approximate surface area is 139 Å². The minimum Gasteiger partial charge on any atom is -0.497 e. The third-order valence-corrected chi connectivity index (χ3v) is 4.40. The van der Waals surface area contributed by atoms with Crippen molar-refractivity contribution in [1.82, 2.24) is 5.43 Å². The van der Waals surface area contributed by atoms with Crippen LogP contribution in [0.15, 0.2) is 53.4 Å². The molecule has 2 aromatic carbocycles. The molecule has 0 radical (unpaired) electrons. The smallest absolute Gasteiger partial charge is 0.271 e. The van der Waals surface area contributed by atoms with E-state index in [0.29, 0.717) is 17.2 Å². The molecule has 24 heavy (non-hydrogen) atoms. The highest BCUT2D eigenvalue weighted by Gasteiger charge is 2.14. The predicted octanol–water partition coefficient (Wildman–Crippen LogP) is 0.865. The van der Waals surface area contributed by atoms with Crippen molar-refractivity contribution in [3.05, 3.63) is 48.5 Å². The number of anilines is 1. The van der Waals surface area contributed by atoms with Crippen LogP contribution in [0.2, 0.25) is 0 Å². The van der Waals surface area contributed by atoms with Crippen LogP contribution in [0.25, 0.3) is 0 Å². The highest BCUT2D eigenvalue weighted by molar-refractivity contribution is 7.92. The summed E-state index contributed by atoms with van der Waals surface area (Å²) in [4.78, 5) is 11.0. The second-order valence-electron chi connectivity index (χ2n) is 4.66. The fourth-order valence-corrected chi connectivity index (χ4v) is 2.84. The summed E-state index contributed by atoms with van der Waals surface area (Å²) in [6.45, 7) is -0.257. The number of nitrogens with two attached hydrogens (primary N) is 1. The van der Waals surface area contributed by atoms with Crippen LogP contribution in [0.3, 0.4) is 0 Å². The van der Waals surface area contributed by atoms with Gasteiger partial charge in [0.15, 0.2) is 6.61 Å². The Bertz CT molecular complexity index is 789. The van der Waals surface area contributed by atoms with Crippen LogP contribution in [0.5, 0.6) is 11.5 Å². The average molecular weight is 351 g/mol. The van der Waals surface area contributed by atoms with E-state index in [1.165, 1.54) is 31.4 Å². The molecule has 9 heteroatoms. The molecule has 1 amide bonds. The zero-order valence-corrected chi connectivity index (χ0v) is 13.7. The van der Waals surface area contributed by atoms with Crippen LogP contribution in [0, 0.1) is 0 Å². The van der Waals surface area contributed by atoms with Gasteiger partial charge in [-0.1, -0.05) is 0 Å². The third-order valence-electron chi connectivity index (χ3n) is 3.01. The van der Waals surface area contributed by atoms with Crippen LogP contribution < -0.4 is 25.5 Å². The van der Waals surface area contributed by atoms with Gasteiger partial charge in [-0.25, -0.2) is 14.3 Å². The van der Waals surface area contributed by atoms with Crippen molar-refractivity contribution in [1.29, 1.82) is 0 Å². The van der Waals surface area contributed by atoms with Crippen molar-refractivity contribution in [2.24, 2.45) is 5.84 Å². The van der Waals surface area contributed by atoms with Crippen molar-refractivity contribution in [3.63, 3.8) is 0 Å². The average Bonchev–Trinajstić information content (AvgIpc) is 2.60. The van der Waals surface area contributed by atoms with Crippen molar-refractivity contribution in [3.8, 4) is 11.5 Å². The van der Waals surface area contributed by atoms with Gasteiger partial charge >= 0.3 is 0 Å². The maximum Gasteiger partial charge on any atom is 0.271 e. The fraction of sp³-hybridized carbons (Fsp3) is 0.133. The number of methoxy groups -OCH3 is 1. The molecule has 0 spiro atoms. The zero-order valence-electron chi connectivity index (χ0n) is 12.9. The molecular formula is C15H17N3O5S. The van der Waals surface area contributed by atoms with Crippen LogP contribution in [0.4, 0.5) is 5.69 Å². The van der Waals surface area contributed by atoms with Gasteiger partial charge in [0.25, 0.3) is 15.9 Å². The number of carbonyl (C=O) groups excluding carboxylic acids is 1.